The van der Waals surface area contributed by atoms with E-state index in [1.807, 2.05) is 30.3 Å². The van der Waals surface area contributed by atoms with Gasteiger partial charge in [0.1, 0.15) is 16.3 Å². The van der Waals surface area contributed by atoms with Gasteiger partial charge < -0.3 is 19.0 Å². The molecule has 3 rings (SSSR count). The molecule has 2 heterocycles. The molecule has 41 heavy (non-hydrogen) atoms. The Morgan fingerprint density at radius 1 is 1.10 bits per heavy atom. The minimum Gasteiger partial charge on any atom is -0.444 e. The number of aromatic nitrogens is 3. The van der Waals surface area contributed by atoms with Gasteiger partial charge in [-0.2, -0.15) is 13.2 Å². The molecule has 0 aliphatic carbocycles. The van der Waals surface area contributed by atoms with Crippen LogP contribution in [0.3, 0.4) is 0 Å². The Labute approximate surface area is 245 Å². The van der Waals surface area contributed by atoms with Crippen molar-refractivity contribution in [3.63, 3.8) is 0 Å². The lowest BCUT2D eigenvalue weighted by Gasteiger charge is -2.20. The zero-order chi connectivity index (χ0) is 30.2. The van der Waals surface area contributed by atoms with E-state index in [2.05, 4.69) is 36.4 Å². The quantitative estimate of drug-likeness (QED) is 0.151. The highest BCUT2D eigenvalue weighted by atomic mass is 79.9. The van der Waals surface area contributed by atoms with Gasteiger partial charge in [0, 0.05) is 0 Å². The van der Waals surface area contributed by atoms with Gasteiger partial charge in [0.25, 0.3) is 5.89 Å². The summed E-state index contributed by atoms with van der Waals surface area (Å²) in [5, 5.41) is 20.0. The molecule has 2 N–H and O–H groups in total. The molecule has 1 aromatic carbocycles. The Bertz CT molecular complexity index is 1280. The van der Waals surface area contributed by atoms with Crippen LogP contribution in [0.4, 0.5) is 23.7 Å². The minimum atomic E-state index is -4.75. The van der Waals surface area contributed by atoms with Crippen molar-refractivity contribution in [2.75, 3.05) is 5.32 Å². The molecular formula is C28H34BrF3N4O5. The third-order valence-corrected chi connectivity index (χ3v) is 6.32. The van der Waals surface area contributed by atoms with Crippen molar-refractivity contribution in [1.29, 1.82) is 0 Å². The fourth-order valence-electron chi connectivity index (χ4n) is 3.82. The van der Waals surface area contributed by atoms with Crippen LogP contribution in [0.15, 0.2) is 45.4 Å². The van der Waals surface area contributed by atoms with Gasteiger partial charge in [0.05, 0.1) is 24.0 Å². The van der Waals surface area contributed by atoms with Crippen LogP contribution in [-0.2, 0) is 22.3 Å². The topological polar surface area (TPSA) is 120 Å². The Morgan fingerprint density at radius 2 is 1.78 bits per heavy atom. The summed E-state index contributed by atoms with van der Waals surface area (Å²) in [7, 11) is 0. The Kier molecular flexibility index (Phi) is 11.3. The van der Waals surface area contributed by atoms with E-state index in [-0.39, 0.29) is 35.9 Å². The molecule has 2 aromatic heterocycles. The number of carbonyl (C=O) groups is 1. The molecule has 9 nitrogen and oxygen atoms in total. The number of benzene rings is 1. The number of alkyl halides is 3. The summed E-state index contributed by atoms with van der Waals surface area (Å²) in [6.07, 6.45) is -3.07. The molecule has 0 unspecified atom stereocenters. The van der Waals surface area contributed by atoms with E-state index < -0.39 is 34.1 Å². The van der Waals surface area contributed by atoms with Crippen molar-refractivity contribution in [2.45, 2.75) is 90.4 Å². The van der Waals surface area contributed by atoms with Crippen LogP contribution in [-0.4, -0.2) is 38.1 Å². The summed E-state index contributed by atoms with van der Waals surface area (Å²) in [5.74, 6) is -0.0876. The third kappa shape index (κ3) is 10.4. The third-order valence-electron chi connectivity index (χ3n) is 5.72. The molecule has 0 saturated carbocycles. The van der Waals surface area contributed by atoms with Gasteiger partial charge in [0.2, 0.25) is 5.89 Å². The average Bonchev–Trinajstić information content (AvgIpc) is 3.35. The van der Waals surface area contributed by atoms with Crippen LogP contribution < -0.4 is 5.32 Å². The second-order valence-corrected chi connectivity index (χ2v) is 11.3. The summed E-state index contributed by atoms with van der Waals surface area (Å²) in [6.45, 7) is 6.88. The Morgan fingerprint density at radius 3 is 2.41 bits per heavy atom. The maximum atomic E-state index is 13.6. The van der Waals surface area contributed by atoms with Crippen molar-refractivity contribution >= 4 is 27.7 Å². The molecule has 1 amide bonds. The van der Waals surface area contributed by atoms with E-state index in [9.17, 15) is 23.1 Å². The largest absolute Gasteiger partial charge is 0.444 e. The van der Waals surface area contributed by atoms with Crippen LogP contribution in [0, 0.1) is 0 Å². The summed E-state index contributed by atoms with van der Waals surface area (Å²) < 4.78 is 57.6. The molecule has 0 spiro atoms. The van der Waals surface area contributed by atoms with E-state index in [0.717, 1.165) is 30.9 Å². The molecule has 0 saturated heterocycles. The first kappa shape index (κ1) is 32.5. The first-order valence-corrected chi connectivity index (χ1v) is 14.0. The Balaban J connectivity index is 1.90. The molecule has 13 heteroatoms. The molecule has 0 aliphatic heterocycles. The van der Waals surface area contributed by atoms with Crippen LogP contribution in [0.2, 0.25) is 0 Å². The van der Waals surface area contributed by atoms with Gasteiger partial charge in [0.15, 0.2) is 5.69 Å². The number of unbranched alkanes of at least 4 members (excludes halogenated alkanes) is 2. The molecule has 0 aliphatic rings. The fraction of sp³-hybridized carbons (Fsp3) is 0.500. The predicted molar refractivity (Wildman–Crippen MR) is 149 cm³/mol. The normalized spacial score (nSPS) is 13.6. The molecule has 0 bridgehead atoms. The number of anilines is 1. The van der Waals surface area contributed by atoms with Gasteiger partial charge in [-0.3, -0.25) is 5.32 Å². The lowest BCUT2D eigenvalue weighted by atomic mass is 10.1. The second kappa shape index (κ2) is 14.2. The average molecular weight is 644 g/mol. The summed E-state index contributed by atoms with van der Waals surface area (Å²) >= 11 is 2.87. The monoisotopic (exact) mass is 642 g/mol. The maximum absolute atomic E-state index is 13.6. The smallest absolute Gasteiger partial charge is 0.419 e. The SMILES string of the molecule is C[C@H](O)CCCCC[C@@H](OCc1ccccc1)c1nnc(-c2nc(Br)c(C(F)(F)F)cc2NC(=O)OC(C)(C)C)o1. The van der Waals surface area contributed by atoms with E-state index >= 15 is 0 Å². The predicted octanol–water partition coefficient (Wildman–Crippen LogP) is 7.85. The summed E-state index contributed by atoms with van der Waals surface area (Å²) in [6, 6.07) is 10.2. The van der Waals surface area contributed by atoms with Crippen LogP contribution in [0.25, 0.3) is 11.6 Å². The number of rotatable bonds is 12. The number of amides is 1. The first-order valence-electron chi connectivity index (χ1n) is 13.2. The highest BCUT2D eigenvalue weighted by Gasteiger charge is 2.36. The standard InChI is InChI=1S/C28H34BrF3N4O5/c1-17(37)11-7-5-10-14-21(39-16-18-12-8-6-9-13-18)24-35-36-25(40-24)22-20(33-26(38)41-27(2,3)4)15-19(23(29)34-22)28(30,31)32/h6,8-9,12-13,15,17,21,37H,5,7,10-11,14,16H2,1-4H3,(H,33,38)/t17-,21+/m0/s1. The van der Waals surface area contributed by atoms with E-state index in [0.29, 0.717) is 12.8 Å². The number of aliphatic hydroxyl groups is 1. The number of aliphatic hydroxyl groups excluding tert-OH is 1. The van der Waals surface area contributed by atoms with Crippen molar-refractivity contribution in [3.05, 3.63) is 58.0 Å². The zero-order valence-electron chi connectivity index (χ0n) is 23.3. The van der Waals surface area contributed by atoms with Gasteiger partial charge in [-0.15, -0.1) is 10.2 Å². The van der Waals surface area contributed by atoms with E-state index in [1.165, 1.54) is 0 Å². The number of nitrogens with one attached hydrogen (secondary N) is 1. The minimum absolute atomic E-state index is 0.118. The van der Waals surface area contributed by atoms with Crippen molar-refractivity contribution in [3.8, 4) is 11.6 Å². The zero-order valence-corrected chi connectivity index (χ0v) is 24.9. The molecule has 224 valence electrons. The van der Waals surface area contributed by atoms with Gasteiger partial charge in [-0.25, -0.2) is 9.78 Å². The number of nitrogens with zero attached hydrogens (tertiary/aromatic N) is 3. The number of halogens is 4. The highest BCUT2D eigenvalue weighted by Crippen LogP contribution is 2.39. The van der Waals surface area contributed by atoms with E-state index in [1.54, 1.807) is 27.7 Å². The summed E-state index contributed by atoms with van der Waals surface area (Å²) in [5.41, 5.74) is -1.55. The number of ether oxygens (including phenoxy) is 2. The fourth-order valence-corrected chi connectivity index (χ4v) is 4.33. The number of hydrogen-bond acceptors (Lipinski definition) is 8. The highest BCUT2D eigenvalue weighted by molar-refractivity contribution is 9.10. The summed E-state index contributed by atoms with van der Waals surface area (Å²) in [4.78, 5) is 16.4. The number of carbonyl (C=O) groups excluding carboxylic acids is 1. The van der Waals surface area contributed by atoms with Gasteiger partial charge in [-0.1, -0.05) is 49.6 Å². The molecule has 2 atom stereocenters. The van der Waals surface area contributed by atoms with Crippen molar-refractivity contribution in [2.24, 2.45) is 0 Å². The van der Waals surface area contributed by atoms with Gasteiger partial charge in [-0.05, 0) is 68.1 Å². The molecule has 0 fully saturated rings. The van der Waals surface area contributed by atoms with Crippen LogP contribution in [0.1, 0.15) is 82.9 Å². The van der Waals surface area contributed by atoms with Crippen LogP contribution >= 0.6 is 15.9 Å². The van der Waals surface area contributed by atoms with Gasteiger partial charge >= 0.3 is 12.3 Å². The van der Waals surface area contributed by atoms with Crippen molar-refractivity contribution < 1.29 is 37.0 Å². The lowest BCUT2D eigenvalue weighted by molar-refractivity contribution is -0.138. The second-order valence-electron chi connectivity index (χ2n) is 10.6. The maximum Gasteiger partial charge on any atom is 0.419 e. The number of hydrogen-bond donors (Lipinski definition) is 2. The molecular weight excluding hydrogens is 609 g/mol. The number of pyridine rings is 1. The Hall–Kier alpha value is -3.03. The van der Waals surface area contributed by atoms with Crippen molar-refractivity contribution in [1.82, 2.24) is 15.2 Å². The molecule has 0 radical (unpaired) electrons. The molecule has 3 aromatic rings. The first-order chi connectivity index (χ1) is 19.2. The van der Waals surface area contributed by atoms with Crippen LogP contribution in [0.5, 0.6) is 0 Å². The lowest BCUT2D eigenvalue weighted by Crippen LogP contribution is -2.27. The van der Waals surface area contributed by atoms with E-state index in [4.69, 9.17) is 13.9 Å².